The van der Waals surface area contributed by atoms with Gasteiger partial charge in [-0.25, -0.2) is 4.58 Å². The van der Waals surface area contributed by atoms with Gasteiger partial charge in [-0.05, 0) is 12.1 Å². The summed E-state index contributed by atoms with van der Waals surface area (Å²) in [4.78, 5) is 8.00. The maximum absolute atomic E-state index is 8.00. The van der Waals surface area contributed by atoms with Crippen LogP contribution < -0.4 is 0 Å². The summed E-state index contributed by atoms with van der Waals surface area (Å²) in [6, 6.07) is 31.7. The molecular weight excluding hydrogens is 312 g/mol. The van der Waals surface area contributed by atoms with Gasteiger partial charge in [0.05, 0.1) is 0 Å². The van der Waals surface area contributed by atoms with Gasteiger partial charge >= 0.3 is 0 Å². The summed E-state index contributed by atoms with van der Waals surface area (Å²) in [6.07, 6.45) is 2.24. The molecule has 0 aliphatic heterocycles. The zero-order valence-corrected chi connectivity index (χ0v) is 13.9. The summed E-state index contributed by atoms with van der Waals surface area (Å²) in [5.74, 6) is 0. The lowest BCUT2D eigenvalue weighted by Gasteiger charge is -2.05. The number of nitrogens with zero attached hydrogens (tertiary/aromatic N) is 2. The number of benzene rings is 3. The Morgan fingerprint density at radius 3 is 1.48 bits per heavy atom. The van der Waals surface area contributed by atoms with Crippen molar-refractivity contribution in [1.82, 2.24) is 0 Å². The van der Waals surface area contributed by atoms with Crippen LogP contribution in [0.1, 0.15) is 16.7 Å². The van der Waals surface area contributed by atoms with E-state index in [0.29, 0.717) is 0 Å². The van der Waals surface area contributed by atoms with Gasteiger partial charge in [0, 0.05) is 16.7 Å². The van der Waals surface area contributed by atoms with E-state index in [1.807, 2.05) is 0 Å². The first-order valence-corrected chi connectivity index (χ1v) is 7.98. The minimum atomic E-state index is 0.907. The van der Waals surface area contributed by atoms with E-state index in [0.717, 1.165) is 18.4 Å². The van der Waals surface area contributed by atoms with Gasteiger partial charge in [0.15, 0.2) is 19.3 Å². The highest BCUT2D eigenvalue weighted by Gasteiger charge is 2.08. The molecule has 0 bridgehead atoms. The quantitative estimate of drug-likeness (QED) is 0.292. The average molecular weight is 332 g/mol. The third-order valence-corrected chi connectivity index (χ3v) is 3.59. The molecule has 25 heavy (non-hydrogen) atoms. The van der Waals surface area contributed by atoms with E-state index < -0.39 is 0 Å². The van der Waals surface area contributed by atoms with Crippen molar-refractivity contribution in [2.24, 2.45) is 5.34 Å². The van der Waals surface area contributed by atoms with E-state index in [9.17, 15) is 0 Å². The molecule has 126 valence electrons. The Labute approximate surface area is 147 Å². The normalized spacial score (nSPS) is 9.44. The van der Waals surface area contributed by atoms with E-state index in [4.69, 9.17) is 10.1 Å². The second kappa shape index (κ2) is 10.5. The Kier molecular flexibility index (Phi) is 7.59. The van der Waals surface area contributed by atoms with Crippen LogP contribution in [0.5, 0.6) is 0 Å². The second-order valence-corrected chi connectivity index (χ2v) is 5.49. The molecule has 0 saturated carbocycles. The summed E-state index contributed by atoms with van der Waals surface area (Å²) >= 11 is 0. The summed E-state index contributed by atoms with van der Waals surface area (Å²) in [6.45, 7) is 1.81. The first-order valence-electron chi connectivity index (χ1n) is 7.98. The molecule has 3 aromatic rings. The Hall–Kier alpha value is -3.27. The highest BCUT2D eigenvalue weighted by atomic mass is 16.6. The van der Waals surface area contributed by atoms with Gasteiger partial charge in [0.2, 0.25) is 0 Å². The molecular formula is C21H20N2O2. The molecule has 0 aliphatic carbocycles. The predicted molar refractivity (Wildman–Crippen MR) is 101 cm³/mol. The van der Waals surface area contributed by atoms with Crippen LogP contribution in [0.3, 0.4) is 0 Å². The topological polar surface area (TPSA) is 55.5 Å². The number of hydrogen-bond acceptors (Lipinski definition) is 3. The minimum absolute atomic E-state index is 0.907. The van der Waals surface area contributed by atoms with Gasteiger partial charge in [0.25, 0.3) is 0 Å². The van der Waals surface area contributed by atoms with Gasteiger partial charge in [0.1, 0.15) is 0 Å². The lowest BCUT2D eigenvalue weighted by molar-refractivity contribution is -0.555. The van der Waals surface area contributed by atoms with Gasteiger partial charge in [-0.1, -0.05) is 78.9 Å². The monoisotopic (exact) mass is 332 g/mol. The third kappa shape index (κ3) is 6.79. The molecule has 0 N–H and O–H groups in total. The molecule has 0 fully saturated rings. The van der Waals surface area contributed by atoms with E-state index in [1.165, 1.54) is 16.7 Å². The van der Waals surface area contributed by atoms with Crippen LogP contribution in [0, 0.1) is 10.1 Å². The van der Waals surface area contributed by atoms with E-state index in [1.54, 1.807) is 0 Å². The highest BCUT2D eigenvalue weighted by molar-refractivity contribution is 5.75. The predicted octanol–water partition coefficient (Wildman–Crippen LogP) is 4.77. The van der Waals surface area contributed by atoms with Crippen LogP contribution in [0.25, 0.3) is 0 Å². The first kappa shape index (κ1) is 18.1. The van der Waals surface area contributed by atoms with Crippen molar-refractivity contribution in [3.8, 4) is 0 Å². The van der Waals surface area contributed by atoms with Crippen LogP contribution in [0.2, 0.25) is 0 Å². The maximum atomic E-state index is 8.00. The van der Waals surface area contributed by atoms with Gasteiger partial charge in [-0.15, -0.1) is 5.34 Å². The fourth-order valence-corrected chi connectivity index (χ4v) is 2.53. The van der Waals surface area contributed by atoms with Crippen LogP contribution in [0.15, 0.2) is 96.3 Å². The minimum Gasteiger partial charge on any atom is -0.444 e. The Morgan fingerprint density at radius 2 is 1.08 bits per heavy atom. The smallest absolute Gasteiger partial charge is 0.171 e. The van der Waals surface area contributed by atoms with E-state index in [-0.39, 0.29) is 0 Å². The zero-order valence-electron chi connectivity index (χ0n) is 13.9. The van der Waals surface area contributed by atoms with Gasteiger partial charge in [-0.3, -0.25) is 0 Å². The molecule has 0 atom stereocenters. The molecule has 0 aliphatic rings. The van der Waals surface area contributed by atoms with Gasteiger partial charge < -0.3 is 10.1 Å². The van der Waals surface area contributed by atoms with E-state index in [2.05, 4.69) is 102 Å². The molecule has 0 amide bonds. The summed E-state index contributed by atoms with van der Waals surface area (Å²) < 4.78 is 2.36. The molecule has 4 nitrogen and oxygen atoms in total. The summed E-state index contributed by atoms with van der Waals surface area (Å²) in [5, 5.41) is 9.00. The zero-order chi connectivity index (χ0) is 17.7. The van der Waals surface area contributed by atoms with Crippen LogP contribution in [-0.2, 0) is 13.1 Å². The lowest BCUT2D eigenvalue weighted by Crippen LogP contribution is -2.13. The molecule has 0 radical (unpaired) electrons. The van der Waals surface area contributed by atoms with Crippen LogP contribution in [-0.4, -0.2) is 10.8 Å². The fourth-order valence-electron chi connectivity index (χ4n) is 2.53. The third-order valence-electron chi connectivity index (χ3n) is 3.59. The highest BCUT2D eigenvalue weighted by Crippen LogP contribution is 2.07. The number of hydrogen-bond donors (Lipinski definition) is 0. The van der Waals surface area contributed by atoms with Gasteiger partial charge in [-0.2, -0.15) is 0 Å². The Bertz CT molecular complexity index is 729. The van der Waals surface area contributed by atoms with Crippen molar-refractivity contribution in [1.29, 1.82) is 0 Å². The molecule has 0 heterocycles. The summed E-state index contributed by atoms with van der Waals surface area (Å²) in [7, 11) is 0. The van der Waals surface area contributed by atoms with Crippen molar-refractivity contribution in [2.45, 2.75) is 13.1 Å². The first-order chi connectivity index (χ1) is 12.3. The van der Waals surface area contributed by atoms with E-state index >= 15 is 0 Å². The van der Waals surface area contributed by atoms with Crippen LogP contribution in [0.4, 0.5) is 0 Å². The van der Waals surface area contributed by atoms with Crippen molar-refractivity contribution < 1.29 is 4.58 Å². The van der Waals surface area contributed by atoms with Crippen molar-refractivity contribution in [2.75, 3.05) is 0 Å². The molecule has 4 heteroatoms. The van der Waals surface area contributed by atoms with Crippen molar-refractivity contribution in [3.05, 3.63) is 118 Å². The Balaban J connectivity index is 0.000000701. The second-order valence-electron chi connectivity index (χ2n) is 5.49. The van der Waals surface area contributed by atoms with Crippen molar-refractivity contribution >= 4 is 6.21 Å². The molecule has 0 saturated heterocycles. The Morgan fingerprint density at radius 1 is 0.720 bits per heavy atom. The summed E-state index contributed by atoms with van der Waals surface area (Å²) in [5.41, 5.74) is 3.88. The largest absolute Gasteiger partial charge is 0.444 e. The maximum Gasteiger partial charge on any atom is 0.171 e. The lowest BCUT2D eigenvalue weighted by atomic mass is 10.1. The molecule has 0 spiro atoms. The molecule has 3 rings (SSSR count). The van der Waals surface area contributed by atoms with Crippen LogP contribution >= 0.6 is 0 Å². The average Bonchev–Trinajstić information content (AvgIpc) is 2.65. The standard InChI is InChI=1S/C21H20N.HNO2/c1-4-10-19(11-5-1)16-22(17-20-12-6-2-7-13-20)18-21-14-8-3-9-15-21;2-1-3/h1-16H,17-18H2;(H,2,3)/q+1;/p-1. The molecule has 0 aromatic heterocycles. The fraction of sp³-hybridized carbons (Fsp3) is 0.0952. The van der Waals surface area contributed by atoms with Crippen molar-refractivity contribution in [3.63, 3.8) is 0 Å². The SMILES string of the molecule is C(c1ccccc1)=[N+](Cc1ccccc1)Cc1ccccc1.O=N[O-]. The number of rotatable bonds is 5. The molecule has 0 unspecified atom stereocenters. The molecule has 3 aromatic carbocycles.